The summed E-state index contributed by atoms with van der Waals surface area (Å²) < 4.78 is 5.15. The summed E-state index contributed by atoms with van der Waals surface area (Å²) in [4.78, 5) is 11.5. The zero-order valence-electron chi connectivity index (χ0n) is 10.8. The van der Waals surface area contributed by atoms with Crippen molar-refractivity contribution in [3.8, 4) is 0 Å². The van der Waals surface area contributed by atoms with Gasteiger partial charge in [0.2, 0.25) is 0 Å². The maximum Gasteiger partial charge on any atom is 0.311 e. The van der Waals surface area contributed by atoms with Crippen LogP contribution in [0.4, 0.5) is 0 Å². The highest BCUT2D eigenvalue weighted by Crippen LogP contribution is 2.15. The minimum Gasteiger partial charge on any atom is -0.465 e. The monoisotopic (exact) mass is 232 g/mol. The number of carbonyl (C=O) groups excluding carboxylic acids is 1. The van der Waals surface area contributed by atoms with Crippen molar-refractivity contribution in [3.05, 3.63) is 42.0 Å². The lowest BCUT2D eigenvalue weighted by molar-refractivity contribution is -0.152. The first kappa shape index (κ1) is 13.5. The molecule has 0 N–H and O–H groups in total. The molecule has 0 aliphatic rings. The summed E-state index contributed by atoms with van der Waals surface area (Å²) in [6.45, 7) is 6.01. The van der Waals surface area contributed by atoms with Crippen LogP contribution in [0.2, 0.25) is 0 Å². The largest absolute Gasteiger partial charge is 0.465 e. The van der Waals surface area contributed by atoms with E-state index >= 15 is 0 Å². The summed E-state index contributed by atoms with van der Waals surface area (Å²) >= 11 is 0. The van der Waals surface area contributed by atoms with Gasteiger partial charge in [0.15, 0.2) is 0 Å². The van der Waals surface area contributed by atoms with Crippen LogP contribution in [0, 0.1) is 5.41 Å². The van der Waals surface area contributed by atoms with Crippen molar-refractivity contribution in [1.29, 1.82) is 0 Å². The topological polar surface area (TPSA) is 26.3 Å². The molecule has 0 fully saturated rings. The summed E-state index contributed by atoms with van der Waals surface area (Å²) in [5, 5.41) is 0. The molecule has 1 rings (SSSR count). The second-order valence-electron chi connectivity index (χ2n) is 4.99. The summed E-state index contributed by atoms with van der Waals surface area (Å²) in [5.41, 5.74) is 0.748. The molecule has 1 aromatic carbocycles. The van der Waals surface area contributed by atoms with Crippen molar-refractivity contribution in [1.82, 2.24) is 0 Å². The van der Waals surface area contributed by atoms with Crippen LogP contribution in [0.3, 0.4) is 0 Å². The molecule has 0 aromatic heterocycles. The number of hydrogen-bond donors (Lipinski definition) is 0. The molecule has 0 bridgehead atoms. The molecule has 17 heavy (non-hydrogen) atoms. The summed E-state index contributed by atoms with van der Waals surface area (Å²) in [6.07, 6.45) is 4.80. The van der Waals surface area contributed by atoms with Gasteiger partial charge in [-0.25, -0.2) is 0 Å². The van der Waals surface area contributed by atoms with E-state index in [0.29, 0.717) is 6.61 Å². The number of esters is 1. The van der Waals surface area contributed by atoms with E-state index in [9.17, 15) is 4.79 Å². The van der Waals surface area contributed by atoms with Gasteiger partial charge in [0.1, 0.15) is 0 Å². The number of hydrogen-bond acceptors (Lipinski definition) is 2. The van der Waals surface area contributed by atoms with Crippen molar-refractivity contribution < 1.29 is 9.53 Å². The van der Waals surface area contributed by atoms with Gasteiger partial charge in [-0.05, 0) is 32.8 Å². The molecule has 0 amide bonds. The highest BCUT2D eigenvalue weighted by Gasteiger charge is 2.22. The molecule has 0 heterocycles. The molecule has 0 radical (unpaired) electrons. The van der Waals surface area contributed by atoms with Crippen molar-refractivity contribution in [2.45, 2.75) is 27.2 Å². The third-order valence-electron chi connectivity index (χ3n) is 2.24. The van der Waals surface area contributed by atoms with Crippen LogP contribution >= 0.6 is 0 Å². The van der Waals surface area contributed by atoms with Gasteiger partial charge >= 0.3 is 5.97 Å². The smallest absolute Gasteiger partial charge is 0.311 e. The molecule has 0 atom stereocenters. The highest BCUT2D eigenvalue weighted by molar-refractivity contribution is 5.75. The van der Waals surface area contributed by atoms with E-state index in [-0.39, 0.29) is 5.97 Å². The third kappa shape index (κ3) is 5.34. The van der Waals surface area contributed by atoms with E-state index < -0.39 is 5.41 Å². The van der Waals surface area contributed by atoms with E-state index in [1.54, 1.807) is 0 Å². The lowest BCUT2D eigenvalue weighted by atomic mass is 9.97. The van der Waals surface area contributed by atoms with Crippen LogP contribution in [0.15, 0.2) is 36.4 Å². The van der Waals surface area contributed by atoms with Gasteiger partial charge in [0.25, 0.3) is 0 Å². The van der Waals surface area contributed by atoms with Gasteiger partial charge in [-0.3, -0.25) is 4.79 Å². The first-order valence-corrected chi connectivity index (χ1v) is 5.89. The predicted molar refractivity (Wildman–Crippen MR) is 70.5 cm³/mol. The Kier molecular flexibility index (Phi) is 4.95. The SMILES string of the molecule is CC(C)(C)C(=O)OCCC=Cc1ccccc1. The quantitative estimate of drug-likeness (QED) is 0.584. The van der Waals surface area contributed by atoms with Crippen LogP contribution in [-0.4, -0.2) is 12.6 Å². The maximum atomic E-state index is 11.5. The molecule has 0 saturated heterocycles. The average molecular weight is 232 g/mol. The average Bonchev–Trinajstić information content (AvgIpc) is 2.28. The van der Waals surface area contributed by atoms with Crippen molar-refractivity contribution >= 4 is 12.0 Å². The summed E-state index contributed by atoms with van der Waals surface area (Å²) in [7, 11) is 0. The Morgan fingerprint density at radius 1 is 1.24 bits per heavy atom. The molecular formula is C15H20O2. The van der Waals surface area contributed by atoms with E-state index in [1.807, 2.05) is 63.3 Å². The molecule has 2 nitrogen and oxygen atoms in total. The highest BCUT2D eigenvalue weighted by atomic mass is 16.5. The second-order valence-corrected chi connectivity index (χ2v) is 4.99. The molecule has 0 spiro atoms. The summed E-state index contributed by atoms with van der Waals surface area (Å²) in [6, 6.07) is 10.1. The maximum absolute atomic E-state index is 11.5. The van der Waals surface area contributed by atoms with E-state index in [0.717, 1.165) is 12.0 Å². The zero-order valence-corrected chi connectivity index (χ0v) is 10.8. The lowest BCUT2D eigenvalue weighted by Gasteiger charge is -2.15. The fourth-order valence-electron chi connectivity index (χ4n) is 1.22. The normalized spacial score (nSPS) is 11.7. The van der Waals surface area contributed by atoms with E-state index in [4.69, 9.17) is 4.74 Å². The minimum atomic E-state index is -0.414. The number of ether oxygens (including phenoxy) is 1. The lowest BCUT2D eigenvalue weighted by Crippen LogP contribution is -2.23. The van der Waals surface area contributed by atoms with E-state index in [2.05, 4.69) is 0 Å². The van der Waals surface area contributed by atoms with Crippen molar-refractivity contribution in [3.63, 3.8) is 0 Å². The fraction of sp³-hybridized carbons (Fsp3) is 0.400. The van der Waals surface area contributed by atoms with Gasteiger partial charge in [0, 0.05) is 0 Å². The predicted octanol–water partition coefficient (Wildman–Crippen LogP) is 3.68. The zero-order chi connectivity index (χ0) is 12.7. The molecule has 92 valence electrons. The van der Waals surface area contributed by atoms with Crippen LogP contribution in [0.5, 0.6) is 0 Å². The van der Waals surface area contributed by atoms with Crippen LogP contribution in [0.1, 0.15) is 32.8 Å². The van der Waals surface area contributed by atoms with Gasteiger partial charge < -0.3 is 4.74 Å². The molecule has 0 saturated carbocycles. The molecule has 2 heteroatoms. The standard InChI is InChI=1S/C15H20O2/c1-15(2,3)14(16)17-12-8-7-11-13-9-5-4-6-10-13/h4-7,9-11H,8,12H2,1-3H3. The van der Waals surface area contributed by atoms with Gasteiger partial charge in [-0.2, -0.15) is 0 Å². The summed E-state index contributed by atoms with van der Waals surface area (Å²) in [5.74, 6) is -0.148. The Morgan fingerprint density at radius 3 is 2.47 bits per heavy atom. The second kappa shape index (κ2) is 6.24. The number of carbonyl (C=O) groups is 1. The number of benzene rings is 1. The van der Waals surface area contributed by atoms with Crippen LogP contribution in [0.25, 0.3) is 6.08 Å². The molecule has 0 aliphatic heterocycles. The van der Waals surface area contributed by atoms with Gasteiger partial charge in [-0.15, -0.1) is 0 Å². The molecule has 0 unspecified atom stereocenters. The Labute approximate surface area is 103 Å². The van der Waals surface area contributed by atoms with Gasteiger partial charge in [0.05, 0.1) is 12.0 Å². The fourth-order valence-corrected chi connectivity index (χ4v) is 1.22. The van der Waals surface area contributed by atoms with Gasteiger partial charge in [-0.1, -0.05) is 42.5 Å². The Balaban J connectivity index is 2.25. The first-order valence-electron chi connectivity index (χ1n) is 5.89. The van der Waals surface area contributed by atoms with Crippen LogP contribution in [-0.2, 0) is 9.53 Å². The molecule has 0 aliphatic carbocycles. The van der Waals surface area contributed by atoms with Crippen molar-refractivity contribution in [2.24, 2.45) is 5.41 Å². The molecule has 1 aromatic rings. The third-order valence-corrected chi connectivity index (χ3v) is 2.24. The molecular weight excluding hydrogens is 212 g/mol. The Morgan fingerprint density at radius 2 is 1.88 bits per heavy atom. The Hall–Kier alpha value is -1.57. The van der Waals surface area contributed by atoms with Crippen LogP contribution < -0.4 is 0 Å². The first-order chi connectivity index (χ1) is 8.00. The minimum absolute atomic E-state index is 0.148. The van der Waals surface area contributed by atoms with E-state index in [1.165, 1.54) is 0 Å². The Bertz CT molecular complexity index is 372. The number of rotatable bonds is 4. The van der Waals surface area contributed by atoms with Crippen molar-refractivity contribution in [2.75, 3.05) is 6.61 Å².